The summed E-state index contributed by atoms with van der Waals surface area (Å²) in [6.45, 7) is 4.74. The van der Waals surface area contributed by atoms with Gasteiger partial charge in [-0.1, -0.05) is 18.6 Å². The van der Waals surface area contributed by atoms with Gasteiger partial charge in [-0.15, -0.1) is 5.11 Å². The van der Waals surface area contributed by atoms with Crippen LogP contribution in [-0.2, 0) is 11.3 Å². The summed E-state index contributed by atoms with van der Waals surface area (Å²) in [7, 11) is 3.57. The van der Waals surface area contributed by atoms with E-state index in [1.165, 1.54) is 0 Å². The molecule has 134 valence electrons. The molecule has 0 aliphatic carbocycles. The minimum Gasteiger partial charge on any atom is -0.462 e. The van der Waals surface area contributed by atoms with E-state index in [2.05, 4.69) is 17.3 Å². The van der Waals surface area contributed by atoms with Crippen molar-refractivity contribution in [2.75, 3.05) is 20.7 Å². The Bertz CT molecular complexity index is 840. The van der Waals surface area contributed by atoms with Crippen molar-refractivity contribution in [2.45, 2.75) is 33.2 Å². The zero-order chi connectivity index (χ0) is 18.4. The van der Waals surface area contributed by atoms with E-state index < -0.39 is 5.97 Å². The van der Waals surface area contributed by atoms with Crippen LogP contribution in [0.15, 0.2) is 39.5 Å². The van der Waals surface area contributed by atoms with Gasteiger partial charge in [-0.25, -0.2) is 4.79 Å². The fourth-order valence-electron chi connectivity index (χ4n) is 2.45. The van der Waals surface area contributed by atoms with Crippen LogP contribution in [-0.4, -0.2) is 36.2 Å². The Morgan fingerprint density at radius 1 is 1.28 bits per heavy atom. The van der Waals surface area contributed by atoms with Crippen LogP contribution in [0.25, 0.3) is 10.9 Å². The first kappa shape index (κ1) is 18.6. The first-order valence-corrected chi connectivity index (χ1v) is 8.41. The van der Waals surface area contributed by atoms with Gasteiger partial charge < -0.3 is 9.30 Å². The van der Waals surface area contributed by atoms with Gasteiger partial charge in [0.2, 0.25) is 5.43 Å². The molecule has 0 amide bonds. The Morgan fingerprint density at radius 3 is 2.68 bits per heavy atom. The van der Waals surface area contributed by atoms with Crippen LogP contribution in [0.1, 0.15) is 37.0 Å². The molecular formula is C18H24N4O3. The molecule has 2 rings (SSSR count). The van der Waals surface area contributed by atoms with Crippen LogP contribution in [0.5, 0.6) is 0 Å². The van der Waals surface area contributed by atoms with Crippen LogP contribution >= 0.6 is 0 Å². The largest absolute Gasteiger partial charge is 0.462 e. The highest BCUT2D eigenvalue weighted by atomic mass is 16.5. The van der Waals surface area contributed by atoms with E-state index in [1.807, 2.05) is 10.6 Å². The molecule has 0 atom stereocenters. The van der Waals surface area contributed by atoms with Gasteiger partial charge in [-0.2, -0.15) is 0 Å². The molecule has 1 heterocycles. The number of aryl methyl sites for hydroxylation is 1. The van der Waals surface area contributed by atoms with Gasteiger partial charge in [-0.3, -0.25) is 9.80 Å². The third kappa shape index (κ3) is 4.43. The van der Waals surface area contributed by atoms with Gasteiger partial charge >= 0.3 is 5.97 Å². The molecular weight excluding hydrogens is 320 g/mol. The monoisotopic (exact) mass is 344 g/mol. The summed E-state index contributed by atoms with van der Waals surface area (Å²) in [5.74, 6) is -0.587. The molecule has 2 aromatic rings. The molecule has 0 spiro atoms. The maximum Gasteiger partial charge on any atom is 0.343 e. The average molecular weight is 344 g/mol. The predicted molar refractivity (Wildman–Crippen MR) is 97.3 cm³/mol. The van der Waals surface area contributed by atoms with Crippen molar-refractivity contribution >= 4 is 22.6 Å². The molecule has 1 aromatic carbocycles. The Labute approximate surface area is 146 Å². The maximum absolute atomic E-state index is 12.7. The number of rotatable bonds is 7. The van der Waals surface area contributed by atoms with Crippen molar-refractivity contribution in [1.29, 1.82) is 0 Å². The van der Waals surface area contributed by atoms with Crippen LogP contribution in [0.2, 0.25) is 0 Å². The van der Waals surface area contributed by atoms with Crippen LogP contribution in [0.4, 0.5) is 5.69 Å². The summed E-state index contributed by atoms with van der Waals surface area (Å²) >= 11 is 0. The molecule has 0 unspecified atom stereocenters. The second-order valence-electron chi connectivity index (χ2n) is 5.88. The Kier molecular flexibility index (Phi) is 6.27. The number of benzene rings is 1. The number of unbranched alkanes of at least 4 members (excludes halogenated alkanes) is 1. The topological polar surface area (TPSA) is 76.3 Å². The normalized spacial score (nSPS) is 11.2. The van der Waals surface area contributed by atoms with E-state index in [9.17, 15) is 9.59 Å². The number of hydrogen-bond acceptors (Lipinski definition) is 5. The van der Waals surface area contributed by atoms with Crippen LogP contribution in [0.3, 0.4) is 0 Å². The molecule has 0 saturated heterocycles. The summed E-state index contributed by atoms with van der Waals surface area (Å²) in [6, 6.07) is 5.22. The lowest BCUT2D eigenvalue weighted by atomic mass is 10.1. The smallest absolute Gasteiger partial charge is 0.343 e. The van der Waals surface area contributed by atoms with Crippen molar-refractivity contribution in [3.05, 3.63) is 40.2 Å². The molecule has 25 heavy (non-hydrogen) atoms. The summed E-state index contributed by atoms with van der Waals surface area (Å²) in [5, 5.41) is 10.2. The Balaban J connectivity index is 2.62. The van der Waals surface area contributed by atoms with Gasteiger partial charge in [-0.05, 0) is 31.5 Å². The van der Waals surface area contributed by atoms with Gasteiger partial charge in [0.25, 0.3) is 0 Å². The lowest BCUT2D eigenvalue weighted by Gasteiger charge is -2.13. The third-order valence-electron chi connectivity index (χ3n) is 3.65. The molecule has 0 saturated carbocycles. The minimum atomic E-state index is -0.587. The Morgan fingerprint density at radius 2 is 2.04 bits per heavy atom. The van der Waals surface area contributed by atoms with E-state index in [1.54, 1.807) is 44.4 Å². The lowest BCUT2D eigenvalue weighted by Crippen LogP contribution is -2.21. The fraction of sp³-hybridized carbons (Fsp3) is 0.444. The molecule has 1 aromatic heterocycles. The van der Waals surface area contributed by atoms with Crippen LogP contribution < -0.4 is 5.43 Å². The van der Waals surface area contributed by atoms with Gasteiger partial charge in [0, 0.05) is 32.2 Å². The molecule has 0 radical (unpaired) electrons. The van der Waals surface area contributed by atoms with E-state index in [-0.39, 0.29) is 17.6 Å². The average Bonchev–Trinajstić information content (AvgIpc) is 2.59. The number of aromatic nitrogens is 1. The fourth-order valence-corrected chi connectivity index (χ4v) is 2.45. The van der Waals surface area contributed by atoms with Crippen molar-refractivity contribution in [1.82, 2.24) is 9.58 Å². The van der Waals surface area contributed by atoms with Gasteiger partial charge in [0.05, 0.1) is 17.8 Å². The van der Waals surface area contributed by atoms with Crippen molar-refractivity contribution < 1.29 is 9.53 Å². The molecule has 0 N–H and O–H groups in total. The van der Waals surface area contributed by atoms with Gasteiger partial charge in [0.1, 0.15) is 5.56 Å². The van der Waals surface area contributed by atoms with Gasteiger partial charge in [0.15, 0.2) is 0 Å². The van der Waals surface area contributed by atoms with Crippen molar-refractivity contribution in [3.63, 3.8) is 0 Å². The quantitative estimate of drug-likeness (QED) is 0.437. The number of fused-ring (bicyclic) bond motifs is 1. The van der Waals surface area contributed by atoms with E-state index in [0.717, 1.165) is 18.4 Å². The number of ether oxygens (including phenoxy) is 1. The van der Waals surface area contributed by atoms with E-state index in [0.29, 0.717) is 17.6 Å². The number of carbonyl (C=O) groups is 1. The summed E-state index contributed by atoms with van der Waals surface area (Å²) in [5.41, 5.74) is 1.13. The molecule has 7 heteroatoms. The summed E-state index contributed by atoms with van der Waals surface area (Å²) in [6.07, 6.45) is 3.53. The lowest BCUT2D eigenvalue weighted by molar-refractivity contribution is 0.0524. The standard InChI is InChI=1S/C18H24N4O3/c1-5-7-10-22-12-15(18(24)25-6-2)17(23)14-9-8-13(11-16(14)22)19-20-21(3)4/h8-9,11-12H,5-7,10H2,1-4H3. The SMILES string of the molecule is CCCCn1cc(C(=O)OCC)c(=O)c2ccc(N=NN(C)C)cc21. The van der Waals surface area contributed by atoms with Crippen molar-refractivity contribution in [2.24, 2.45) is 10.3 Å². The molecule has 7 nitrogen and oxygen atoms in total. The first-order chi connectivity index (χ1) is 12.0. The highest BCUT2D eigenvalue weighted by Gasteiger charge is 2.16. The molecule has 0 fully saturated rings. The molecule has 0 bridgehead atoms. The third-order valence-corrected chi connectivity index (χ3v) is 3.65. The number of hydrogen-bond donors (Lipinski definition) is 0. The second-order valence-corrected chi connectivity index (χ2v) is 5.88. The zero-order valence-corrected chi connectivity index (χ0v) is 15.2. The van der Waals surface area contributed by atoms with E-state index in [4.69, 9.17) is 4.74 Å². The number of pyridine rings is 1. The molecule has 0 aliphatic heterocycles. The highest BCUT2D eigenvalue weighted by molar-refractivity contribution is 5.94. The summed E-state index contributed by atoms with van der Waals surface area (Å²) in [4.78, 5) is 24.8. The molecule has 0 aliphatic rings. The maximum atomic E-state index is 12.7. The van der Waals surface area contributed by atoms with E-state index >= 15 is 0 Å². The predicted octanol–water partition coefficient (Wildman–Crippen LogP) is 3.54. The second kappa shape index (κ2) is 8.41. The minimum absolute atomic E-state index is 0.0631. The number of nitrogens with zero attached hydrogens (tertiary/aromatic N) is 4. The first-order valence-electron chi connectivity index (χ1n) is 8.41. The number of carbonyl (C=O) groups excluding carboxylic acids is 1. The van der Waals surface area contributed by atoms with Crippen molar-refractivity contribution in [3.8, 4) is 0 Å². The number of esters is 1. The summed E-state index contributed by atoms with van der Waals surface area (Å²) < 4.78 is 6.93. The van der Waals surface area contributed by atoms with Crippen LogP contribution in [0, 0.1) is 0 Å². The highest BCUT2D eigenvalue weighted by Crippen LogP contribution is 2.21. The zero-order valence-electron chi connectivity index (χ0n) is 15.2. The Hall–Kier alpha value is -2.70.